The average Bonchev–Trinajstić information content (AvgIpc) is 3.64. The second kappa shape index (κ2) is 11.3. The first-order chi connectivity index (χ1) is 19.6. The summed E-state index contributed by atoms with van der Waals surface area (Å²) in [5, 5.41) is 16.3. The van der Waals surface area contributed by atoms with Crippen molar-refractivity contribution in [1.29, 1.82) is 0 Å². The van der Waals surface area contributed by atoms with Crippen LogP contribution in [0.5, 0.6) is 0 Å². The minimum atomic E-state index is 0.391. The van der Waals surface area contributed by atoms with Crippen molar-refractivity contribution in [2.24, 2.45) is 4.99 Å². The van der Waals surface area contributed by atoms with Crippen LogP contribution in [0.25, 0.3) is 28.0 Å². The van der Waals surface area contributed by atoms with Crippen molar-refractivity contribution < 1.29 is 0 Å². The molecule has 6 rings (SSSR count). The van der Waals surface area contributed by atoms with Crippen LogP contribution in [0.15, 0.2) is 78.1 Å². The van der Waals surface area contributed by atoms with E-state index in [-0.39, 0.29) is 0 Å². The number of hydrogen-bond acceptors (Lipinski definition) is 7. The van der Waals surface area contributed by atoms with Gasteiger partial charge in [-0.15, -0.1) is 10.2 Å². The van der Waals surface area contributed by atoms with Crippen molar-refractivity contribution in [3.8, 4) is 22.4 Å². The lowest BCUT2D eigenvalue weighted by Gasteiger charge is -2.31. The summed E-state index contributed by atoms with van der Waals surface area (Å²) in [6.07, 6.45) is 7.82. The first-order valence-electron chi connectivity index (χ1n) is 13.7. The van der Waals surface area contributed by atoms with Crippen molar-refractivity contribution in [3.05, 3.63) is 96.1 Å². The Kier molecular flexibility index (Phi) is 7.29. The molecule has 4 heterocycles. The molecule has 1 saturated heterocycles. The number of aryl methyl sites for hydroxylation is 1. The number of allylic oxidation sites excluding steroid dienone is 2. The molecule has 3 aromatic heterocycles. The van der Waals surface area contributed by atoms with Gasteiger partial charge >= 0.3 is 0 Å². The van der Waals surface area contributed by atoms with Crippen LogP contribution in [-0.2, 0) is 6.54 Å². The molecular weight excluding hydrogens is 498 g/mol. The lowest BCUT2D eigenvalue weighted by Crippen LogP contribution is -2.32. The van der Waals surface area contributed by atoms with E-state index in [0.717, 1.165) is 77.9 Å². The van der Waals surface area contributed by atoms with Crippen LogP contribution in [0, 0.1) is 6.92 Å². The SMILES string of the molecule is C/C=C\C(=NC)c1n[nH]c(C2CCN(Cc3ccc(-c4ncn5c(C)nnc5c4-c4ccccc4)cc3)CC2)n1. The van der Waals surface area contributed by atoms with E-state index < -0.39 is 0 Å². The zero-order valence-electron chi connectivity index (χ0n) is 23.1. The molecule has 1 fully saturated rings. The summed E-state index contributed by atoms with van der Waals surface area (Å²) in [7, 11) is 1.77. The number of aromatic nitrogens is 7. The van der Waals surface area contributed by atoms with Crippen LogP contribution in [-0.4, -0.2) is 65.5 Å². The van der Waals surface area contributed by atoms with E-state index in [0.29, 0.717) is 11.7 Å². The first kappa shape index (κ1) is 25.8. The van der Waals surface area contributed by atoms with Gasteiger partial charge in [-0.2, -0.15) is 5.10 Å². The van der Waals surface area contributed by atoms with Gasteiger partial charge in [-0.05, 0) is 57.0 Å². The van der Waals surface area contributed by atoms with Crippen LogP contribution in [0.3, 0.4) is 0 Å². The second-order valence-electron chi connectivity index (χ2n) is 10.2. The third kappa shape index (κ3) is 5.08. The molecule has 9 heteroatoms. The van der Waals surface area contributed by atoms with Crippen LogP contribution in [0.2, 0.25) is 0 Å². The van der Waals surface area contributed by atoms with Gasteiger partial charge in [0.2, 0.25) is 0 Å². The standard InChI is InChI=1S/C31H33N9/c1-4-8-26(32-3)30-34-29(36-37-30)25-15-17-39(18-16-25)19-22-11-13-24(14-12-22)28-27(23-9-6-5-7-10-23)31-38-35-21(2)40(31)20-33-28/h4-14,20,25H,15-19H2,1-3H3,(H,34,36,37)/b8-4-,32-26?. The molecule has 1 aliphatic heterocycles. The van der Waals surface area contributed by atoms with Gasteiger partial charge in [0, 0.05) is 25.1 Å². The topological polar surface area (TPSA) is 100 Å². The number of fused-ring (bicyclic) bond motifs is 1. The Balaban J connectivity index is 1.15. The van der Waals surface area contributed by atoms with Gasteiger partial charge in [0.25, 0.3) is 0 Å². The number of piperidine rings is 1. The largest absolute Gasteiger partial charge is 0.299 e. The van der Waals surface area contributed by atoms with Crippen molar-refractivity contribution in [3.63, 3.8) is 0 Å². The summed E-state index contributed by atoms with van der Waals surface area (Å²) in [5.41, 5.74) is 6.97. The fourth-order valence-corrected chi connectivity index (χ4v) is 5.42. The number of nitrogens with zero attached hydrogens (tertiary/aromatic N) is 8. The van der Waals surface area contributed by atoms with E-state index in [2.05, 4.69) is 66.7 Å². The van der Waals surface area contributed by atoms with Crippen LogP contribution in [0.4, 0.5) is 0 Å². The molecule has 40 heavy (non-hydrogen) atoms. The number of rotatable bonds is 7. The molecule has 0 aliphatic carbocycles. The van der Waals surface area contributed by atoms with E-state index in [9.17, 15) is 0 Å². The normalized spacial score (nSPS) is 15.4. The minimum Gasteiger partial charge on any atom is -0.299 e. The summed E-state index contributed by atoms with van der Waals surface area (Å²) >= 11 is 0. The Hall–Kier alpha value is -4.50. The second-order valence-corrected chi connectivity index (χ2v) is 10.2. The van der Waals surface area contributed by atoms with Crippen LogP contribution < -0.4 is 0 Å². The van der Waals surface area contributed by atoms with E-state index >= 15 is 0 Å². The van der Waals surface area contributed by atoms with Crippen molar-refractivity contribution in [2.75, 3.05) is 20.1 Å². The third-order valence-electron chi connectivity index (χ3n) is 7.60. The molecule has 0 bridgehead atoms. The van der Waals surface area contributed by atoms with Crippen LogP contribution in [0.1, 0.15) is 48.7 Å². The highest BCUT2D eigenvalue weighted by molar-refractivity contribution is 6.05. The Labute approximate surface area is 233 Å². The molecule has 0 amide bonds. The first-order valence-corrected chi connectivity index (χ1v) is 13.7. The lowest BCUT2D eigenvalue weighted by molar-refractivity contribution is 0.202. The highest BCUT2D eigenvalue weighted by atomic mass is 15.3. The molecule has 1 aliphatic rings. The lowest BCUT2D eigenvalue weighted by atomic mass is 9.95. The minimum absolute atomic E-state index is 0.391. The summed E-state index contributed by atoms with van der Waals surface area (Å²) in [6.45, 7) is 6.88. The number of nitrogens with one attached hydrogen (secondary N) is 1. The van der Waals surface area contributed by atoms with Gasteiger partial charge in [-0.1, -0.05) is 60.7 Å². The maximum Gasteiger partial charge on any atom is 0.199 e. The molecule has 2 aromatic carbocycles. The van der Waals surface area contributed by atoms with Gasteiger partial charge in [0.1, 0.15) is 23.7 Å². The molecule has 0 atom stereocenters. The smallest absolute Gasteiger partial charge is 0.199 e. The van der Waals surface area contributed by atoms with Gasteiger partial charge in [0.05, 0.1) is 11.3 Å². The molecular formula is C31H33N9. The fraction of sp³-hybridized carbons (Fsp3) is 0.290. The third-order valence-corrected chi connectivity index (χ3v) is 7.60. The van der Waals surface area contributed by atoms with Gasteiger partial charge in [0.15, 0.2) is 11.5 Å². The maximum atomic E-state index is 4.84. The van der Waals surface area contributed by atoms with E-state index in [4.69, 9.17) is 9.97 Å². The maximum absolute atomic E-state index is 4.84. The van der Waals surface area contributed by atoms with Crippen molar-refractivity contribution in [1.82, 2.24) is 39.7 Å². The summed E-state index contributed by atoms with van der Waals surface area (Å²) in [4.78, 5) is 16.4. The monoisotopic (exact) mass is 531 g/mol. The van der Waals surface area contributed by atoms with E-state index in [1.165, 1.54) is 5.56 Å². The summed E-state index contributed by atoms with van der Waals surface area (Å²) in [5.74, 6) is 2.84. The molecule has 0 spiro atoms. The molecule has 202 valence electrons. The zero-order valence-corrected chi connectivity index (χ0v) is 23.1. The average molecular weight is 532 g/mol. The van der Waals surface area contributed by atoms with Crippen LogP contribution >= 0.6 is 0 Å². The number of aromatic amines is 1. The molecule has 0 unspecified atom stereocenters. The number of hydrogen-bond donors (Lipinski definition) is 1. The molecule has 5 aromatic rings. The predicted molar refractivity (Wildman–Crippen MR) is 157 cm³/mol. The number of H-pyrrole nitrogens is 1. The van der Waals surface area contributed by atoms with Gasteiger partial charge < -0.3 is 0 Å². The number of aliphatic imine (C=N–C) groups is 1. The molecule has 0 radical (unpaired) electrons. The predicted octanol–water partition coefficient (Wildman–Crippen LogP) is 5.26. The molecule has 1 N–H and O–H groups in total. The Morgan fingerprint density at radius 3 is 2.52 bits per heavy atom. The van der Waals surface area contributed by atoms with Gasteiger partial charge in [-0.25, -0.2) is 9.97 Å². The quantitative estimate of drug-likeness (QED) is 0.288. The zero-order chi connectivity index (χ0) is 27.5. The Bertz CT molecular complexity index is 1650. The summed E-state index contributed by atoms with van der Waals surface area (Å²) < 4.78 is 1.95. The number of benzene rings is 2. The van der Waals surface area contributed by atoms with Gasteiger partial charge in [-0.3, -0.25) is 19.4 Å². The molecule has 0 saturated carbocycles. The fourth-order valence-electron chi connectivity index (χ4n) is 5.42. The summed E-state index contributed by atoms with van der Waals surface area (Å²) in [6, 6.07) is 19.1. The Morgan fingerprint density at radius 2 is 1.80 bits per heavy atom. The Morgan fingerprint density at radius 1 is 1.02 bits per heavy atom. The van der Waals surface area contributed by atoms with E-state index in [1.54, 1.807) is 7.05 Å². The van der Waals surface area contributed by atoms with E-state index in [1.807, 2.05) is 54.9 Å². The number of likely N-dealkylation sites (tertiary alicyclic amines) is 1. The highest BCUT2D eigenvalue weighted by Gasteiger charge is 2.24. The highest BCUT2D eigenvalue weighted by Crippen LogP contribution is 2.34. The van der Waals surface area contributed by atoms with Crippen molar-refractivity contribution in [2.45, 2.75) is 39.2 Å². The molecule has 9 nitrogen and oxygen atoms in total. The van der Waals surface area contributed by atoms with Crippen molar-refractivity contribution >= 4 is 11.4 Å².